The van der Waals surface area contributed by atoms with Gasteiger partial charge in [-0.15, -0.1) is 0 Å². The second-order valence-electron chi connectivity index (χ2n) is 4.77. The van der Waals surface area contributed by atoms with Gasteiger partial charge < -0.3 is 9.64 Å². The lowest BCUT2D eigenvalue weighted by Crippen LogP contribution is -2.37. The smallest absolute Gasteiger partial charge is 0.257 e. The highest BCUT2D eigenvalue weighted by Gasteiger charge is 2.23. The van der Waals surface area contributed by atoms with Gasteiger partial charge in [0, 0.05) is 24.7 Å². The highest BCUT2D eigenvalue weighted by Crippen LogP contribution is 2.22. The van der Waals surface area contributed by atoms with Crippen molar-refractivity contribution in [3.63, 3.8) is 0 Å². The van der Waals surface area contributed by atoms with Gasteiger partial charge >= 0.3 is 0 Å². The van der Waals surface area contributed by atoms with Crippen LogP contribution in [-0.4, -0.2) is 37.1 Å². The molecule has 3 nitrogen and oxygen atoms in total. The number of rotatable bonds is 3. The summed E-state index contributed by atoms with van der Waals surface area (Å²) in [4.78, 5) is 13.8. The Hall–Kier alpha value is -0.940. The third-order valence-electron chi connectivity index (χ3n) is 3.27. The third-order valence-corrected chi connectivity index (χ3v) is 3.94. The van der Waals surface area contributed by atoms with Crippen LogP contribution in [0.2, 0.25) is 0 Å². The van der Waals surface area contributed by atoms with Crippen molar-refractivity contribution in [3.05, 3.63) is 34.1 Å². The fourth-order valence-electron chi connectivity index (χ4n) is 2.23. The summed E-state index contributed by atoms with van der Waals surface area (Å²) < 4.78 is 19.8. The van der Waals surface area contributed by atoms with E-state index in [9.17, 15) is 9.18 Å². The zero-order chi connectivity index (χ0) is 13.8. The summed E-state index contributed by atoms with van der Waals surface area (Å²) in [5.41, 5.74) is 0.0841. The largest absolute Gasteiger partial charge is 0.376 e. The fraction of sp³-hybridized carbons (Fsp3) is 0.500. The first-order valence-electron chi connectivity index (χ1n) is 6.40. The topological polar surface area (TPSA) is 29.5 Å². The number of carbonyl (C=O) groups is 1. The van der Waals surface area contributed by atoms with E-state index in [-0.39, 0.29) is 17.6 Å². The Kier molecular flexibility index (Phi) is 4.93. The lowest BCUT2D eigenvalue weighted by Gasteiger charge is -2.27. The molecule has 1 unspecified atom stereocenters. The van der Waals surface area contributed by atoms with Gasteiger partial charge in [-0.05, 0) is 47.3 Å². The number of ether oxygens (including phenoxy) is 1. The first kappa shape index (κ1) is 14.5. The van der Waals surface area contributed by atoms with Crippen molar-refractivity contribution < 1.29 is 13.9 Å². The zero-order valence-electron chi connectivity index (χ0n) is 10.9. The maximum Gasteiger partial charge on any atom is 0.257 e. The van der Waals surface area contributed by atoms with E-state index in [2.05, 4.69) is 15.9 Å². The van der Waals surface area contributed by atoms with Gasteiger partial charge in [0.25, 0.3) is 5.91 Å². The molecule has 0 bridgehead atoms. The molecule has 1 heterocycles. The Labute approximate surface area is 120 Å². The fourth-order valence-corrected chi connectivity index (χ4v) is 2.74. The highest BCUT2D eigenvalue weighted by atomic mass is 79.9. The van der Waals surface area contributed by atoms with Crippen molar-refractivity contribution in [2.45, 2.75) is 25.4 Å². The van der Waals surface area contributed by atoms with Crippen molar-refractivity contribution in [1.29, 1.82) is 0 Å². The number of carbonyl (C=O) groups excluding carboxylic acids is 1. The van der Waals surface area contributed by atoms with E-state index in [4.69, 9.17) is 4.74 Å². The van der Waals surface area contributed by atoms with Gasteiger partial charge in [0.05, 0.1) is 11.7 Å². The molecule has 0 N–H and O–H groups in total. The minimum Gasteiger partial charge on any atom is -0.376 e. The molecule has 1 aliphatic rings. The molecule has 2 rings (SSSR count). The number of halogens is 2. The van der Waals surface area contributed by atoms with Crippen LogP contribution in [0.5, 0.6) is 0 Å². The van der Waals surface area contributed by atoms with Crippen molar-refractivity contribution in [3.8, 4) is 0 Å². The van der Waals surface area contributed by atoms with Crippen LogP contribution in [0.4, 0.5) is 4.39 Å². The summed E-state index contributed by atoms with van der Waals surface area (Å²) >= 11 is 3.22. The molecule has 104 valence electrons. The van der Waals surface area contributed by atoms with Crippen molar-refractivity contribution in [2.75, 3.05) is 20.2 Å². The normalized spacial score (nSPS) is 19.2. The molecular formula is C14H17BrFNO2. The Morgan fingerprint density at radius 3 is 2.95 bits per heavy atom. The highest BCUT2D eigenvalue weighted by molar-refractivity contribution is 9.10. The van der Waals surface area contributed by atoms with E-state index in [0.29, 0.717) is 11.0 Å². The lowest BCUT2D eigenvalue weighted by molar-refractivity contribution is -0.000288. The molecule has 5 heteroatoms. The molecule has 0 radical (unpaired) electrons. The number of likely N-dealkylation sites (N-methyl/N-ethyl adjacent to an activating group) is 1. The number of amides is 1. The van der Waals surface area contributed by atoms with Gasteiger partial charge in [-0.25, -0.2) is 4.39 Å². The van der Waals surface area contributed by atoms with E-state index >= 15 is 0 Å². The van der Waals surface area contributed by atoms with Crippen LogP contribution >= 0.6 is 15.9 Å². The molecule has 0 spiro atoms. The van der Waals surface area contributed by atoms with Crippen LogP contribution in [0.25, 0.3) is 0 Å². The van der Waals surface area contributed by atoms with E-state index in [1.807, 2.05) is 0 Å². The average molecular weight is 330 g/mol. The molecule has 1 atom stereocenters. The first-order chi connectivity index (χ1) is 9.09. The van der Waals surface area contributed by atoms with Crippen molar-refractivity contribution in [1.82, 2.24) is 4.90 Å². The second-order valence-corrected chi connectivity index (χ2v) is 5.63. The summed E-state index contributed by atoms with van der Waals surface area (Å²) in [6, 6.07) is 4.53. The molecular weight excluding hydrogens is 313 g/mol. The minimum atomic E-state index is -0.504. The predicted molar refractivity (Wildman–Crippen MR) is 74.7 cm³/mol. The van der Waals surface area contributed by atoms with Gasteiger partial charge in [0.15, 0.2) is 0 Å². The Balaban J connectivity index is 2.06. The first-order valence-corrected chi connectivity index (χ1v) is 7.20. The molecule has 1 aliphatic heterocycles. The summed E-state index contributed by atoms with van der Waals surface area (Å²) in [6.45, 7) is 1.25. The van der Waals surface area contributed by atoms with E-state index < -0.39 is 5.82 Å². The molecule has 0 aliphatic carbocycles. The lowest BCUT2D eigenvalue weighted by atomic mass is 10.1. The Morgan fingerprint density at radius 1 is 1.53 bits per heavy atom. The average Bonchev–Trinajstić information content (AvgIpc) is 2.39. The summed E-state index contributed by atoms with van der Waals surface area (Å²) in [6.07, 6.45) is 3.22. The summed E-state index contributed by atoms with van der Waals surface area (Å²) in [5.74, 6) is -0.824. The second kappa shape index (κ2) is 6.48. The van der Waals surface area contributed by atoms with Gasteiger partial charge in [-0.1, -0.05) is 6.07 Å². The van der Waals surface area contributed by atoms with Crippen LogP contribution in [0.15, 0.2) is 22.7 Å². The monoisotopic (exact) mass is 329 g/mol. The Bertz CT molecular complexity index is 441. The number of benzene rings is 1. The van der Waals surface area contributed by atoms with Crippen LogP contribution in [0.1, 0.15) is 29.6 Å². The van der Waals surface area contributed by atoms with Gasteiger partial charge in [-0.2, -0.15) is 0 Å². The summed E-state index contributed by atoms with van der Waals surface area (Å²) in [5, 5.41) is 0. The molecule has 1 amide bonds. The number of hydrogen-bond donors (Lipinski definition) is 0. The molecule has 1 fully saturated rings. The maximum atomic E-state index is 13.7. The van der Waals surface area contributed by atoms with E-state index in [0.717, 1.165) is 25.9 Å². The van der Waals surface area contributed by atoms with Gasteiger partial charge in [-0.3, -0.25) is 4.79 Å². The molecule has 19 heavy (non-hydrogen) atoms. The van der Waals surface area contributed by atoms with Crippen LogP contribution in [-0.2, 0) is 4.74 Å². The van der Waals surface area contributed by atoms with Gasteiger partial charge in [0.2, 0.25) is 0 Å². The molecule has 1 aromatic rings. The summed E-state index contributed by atoms with van der Waals surface area (Å²) in [7, 11) is 1.68. The molecule has 1 saturated heterocycles. The third kappa shape index (κ3) is 3.54. The van der Waals surface area contributed by atoms with Crippen LogP contribution in [0.3, 0.4) is 0 Å². The Morgan fingerprint density at radius 2 is 2.32 bits per heavy atom. The van der Waals surface area contributed by atoms with E-state index in [1.165, 1.54) is 11.0 Å². The van der Waals surface area contributed by atoms with Crippen molar-refractivity contribution >= 4 is 21.8 Å². The zero-order valence-corrected chi connectivity index (χ0v) is 12.5. The molecule has 1 aromatic carbocycles. The quantitative estimate of drug-likeness (QED) is 0.852. The number of hydrogen-bond acceptors (Lipinski definition) is 2. The molecule has 0 aromatic heterocycles. The minimum absolute atomic E-state index is 0.0632. The number of nitrogens with zero attached hydrogens (tertiary/aromatic N) is 1. The van der Waals surface area contributed by atoms with Crippen LogP contribution in [0, 0.1) is 5.82 Å². The molecule has 0 saturated carbocycles. The van der Waals surface area contributed by atoms with E-state index in [1.54, 1.807) is 19.2 Å². The SMILES string of the molecule is CN(CC1CCCCO1)C(=O)c1c(F)cccc1Br. The maximum absolute atomic E-state index is 13.7. The van der Waals surface area contributed by atoms with Crippen LogP contribution < -0.4 is 0 Å². The van der Waals surface area contributed by atoms with Gasteiger partial charge in [0.1, 0.15) is 5.82 Å². The predicted octanol–water partition coefficient (Wildman–Crippen LogP) is 3.23. The van der Waals surface area contributed by atoms with Crippen molar-refractivity contribution in [2.24, 2.45) is 0 Å². The standard InChI is InChI=1S/C14H17BrFNO2/c1-17(9-10-5-2-3-8-19-10)14(18)13-11(15)6-4-7-12(13)16/h4,6-7,10H,2-3,5,8-9H2,1H3.